The van der Waals surface area contributed by atoms with Crippen molar-refractivity contribution in [2.24, 2.45) is 5.92 Å². The number of ether oxygens (including phenoxy) is 3. The van der Waals surface area contributed by atoms with Gasteiger partial charge in [-0.2, -0.15) is 13.2 Å². The van der Waals surface area contributed by atoms with Gasteiger partial charge < -0.3 is 24.4 Å². The number of ketones is 1. The van der Waals surface area contributed by atoms with Crippen LogP contribution < -0.4 is 14.8 Å². The first-order valence-electron chi connectivity index (χ1n) is 9.62. The van der Waals surface area contributed by atoms with Gasteiger partial charge in [-0.1, -0.05) is 0 Å². The number of carbonyl (C=O) groups is 3. The standard InChI is InChI=1S/C20H21F3N2O6/c21-20(22,23)17(26)5-8-25-6-3-13(4-7-25)19(28)31-12-18(27)24-14-1-2-15-16(11-14)30-10-9-29-15/h1-2,5,8,11,13H,3-4,6-7,9-10,12H2,(H,24,27). The Morgan fingerprint density at radius 1 is 1.13 bits per heavy atom. The average Bonchev–Trinajstić information content (AvgIpc) is 2.75. The van der Waals surface area contributed by atoms with Crippen molar-refractivity contribution in [3.8, 4) is 11.5 Å². The molecule has 0 spiro atoms. The highest BCUT2D eigenvalue weighted by molar-refractivity contribution is 5.94. The lowest BCUT2D eigenvalue weighted by atomic mass is 9.97. The van der Waals surface area contributed by atoms with Gasteiger partial charge in [0.05, 0.1) is 5.92 Å². The maximum absolute atomic E-state index is 12.2. The molecule has 0 radical (unpaired) electrons. The third-order valence-electron chi connectivity index (χ3n) is 4.75. The zero-order chi connectivity index (χ0) is 22.4. The van der Waals surface area contributed by atoms with Gasteiger partial charge in [0, 0.05) is 37.1 Å². The van der Waals surface area contributed by atoms with Crippen molar-refractivity contribution in [3.05, 3.63) is 30.5 Å². The van der Waals surface area contributed by atoms with E-state index in [9.17, 15) is 27.6 Å². The molecule has 0 bridgehead atoms. The average molecular weight is 442 g/mol. The van der Waals surface area contributed by atoms with E-state index in [-0.39, 0.29) is 0 Å². The van der Waals surface area contributed by atoms with Crippen molar-refractivity contribution < 1.29 is 41.8 Å². The molecule has 1 N–H and O–H groups in total. The number of allylic oxidation sites excluding steroid dienone is 1. The lowest BCUT2D eigenvalue weighted by Crippen LogP contribution is -2.35. The van der Waals surface area contributed by atoms with Gasteiger partial charge in [0.1, 0.15) is 13.2 Å². The van der Waals surface area contributed by atoms with Gasteiger partial charge in [-0.05, 0) is 25.0 Å². The number of alkyl halides is 3. The SMILES string of the molecule is O=C(COC(=O)C1CCN(C=CC(=O)C(F)(F)F)CC1)Nc1ccc2c(c1)OCCO2. The van der Waals surface area contributed by atoms with Crippen LogP contribution in [-0.2, 0) is 19.1 Å². The number of esters is 1. The van der Waals surface area contributed by atoms with Gasteiger partial charge >= 0.3 is 12.1 Å². The molecule has 1 amide bonds. The topological polar surface area (TPSA) is 94.2 Å². The first kappa shape index (κ1) is 22.4. The Hall–Kier alpha value is -3.24. The van der Waals surface area contributed by atoms with Gasteiger partial charge in [0.25, 0.3) is 11.7 Å². The van der Waals surface area contributed by atoms with E-state index in [4.69, 9.17) is 14.2 Å². The number of anilines is 1. The molecule has 1 saturated heterocycles. The summed E-state index contributed by atoms with van der Waals surface area (Å²) in [6.07, 6.45) is -2.67. The number of amides is 1. The highest BCUT2D eigenvalue weighted by atomic mass is 19.4. The highest BCUT2D eigenvalue weighted by Gasteiger charge is 2.36. The summed E-state index contributed by atoms with van der Waals surface area (Å²) < 4.78 is 52.5. The van der Waals surface area contributed by atoms with Crippen molar-refractivity contribution in [1.29, 1.82) is 0 Å². The molecule has 8 nitrogen and oxygen atoms in total. The van der Waals surface area contributed by atoms with E-state index in [2.05, 4.69) is 5.32 Å². The summed E-state index contributed by atoms with van der Waals surface area (Å²) in [5, 5.41) is 2.60. The maximum atomic E-state index is 12.2. The number of benzene rings is 1. The summed E-state index contributed by atoms with van der Waals surface area (Å²) in [6, 6.07) is 4.92. The third kappa shape index (κ3) is 6.37. The number of rotatable bonds is 6. The molecule has 2 heterocycles. The Balaban J connectivity index is 1.40. The van der Waals surface area contributed by atoms with Gasteiger partial charge in [0.2, 0.25) is 0 Å². The first-order valence-corrected chi connectivity index (χ1v) is 9.62. The molecule has 3 rings (SSSR count). The summed E-state index contributed by atoms with van der Waals surface area (Å²) in [7, 11) is 0. The predicted molar refractivity (Wildman–Crippen MR) is 102 cm³/mol. The Morgan fingerprint density at radius 3 is 2.48 bits per heavy atom. The molecule has 0 unspecified atom stereocenters. The van der Waals surface area contributed by atoms with Crippen molar-refractivity contribution >= 4 is 23.3 Å². The van der Waals surface area contributed by atoms with E-state index in [1.54, 1.807) is 18.2 Å². The molecule has 2 aliphatic rings. The molecular formula is C20H21F3N2O6. The lowest BCUT2D eigenvalue weighted by molar-refractivity contribution is -0.165. The van der Waals surface area contributed by atoms with Crippen LogP contribution in [-0.4, -0.2) is 61.6 Å². The van der Waals surface area contributed by atoms with Crippen molar-refractivity contribution in [1.82, 2.24) is 4.90 Å². The second-order valence-corrected chi connectivity index (χ2v) is 7.00. The first-order chi connectivity index (χ1) is 14.7. The number of hydrogen-bond acceptors (Lipinski definition) is 7. The van der Waals surface area contributed by atoms with Gasteiger partial charge in [-0.25, -0.2) is 0 Å². The van der Waals surface area contributed by atoms with Gasteiger partial charge in [-0.15, -0.1) is 0 Å². The van der Waals surface area contributed by atoms with Crippen LogP contribution in [0.5, 0.6) is 11.5 Å². The van der Waals surface area contributed by atoms with Gasteiger partial charge in [-0.3, -0.25) is 14.4 Å². The third-order valence-corrected chi connectivity index (χ3v) is 4.75. The number of likely N-dealkylation sites (tertiary alicyclic amines) is 1. The van der Waals surface area contributed by atoms with E-state index < -0.39 is 36.4 Å². The number of nitrogens with one attached hydrogen (secondary N) is 1. The normalized spacial score (nSPS) is 16.8. The van der Waals surface area contributed by atoms with Crippen LogP contribution in [0, 0.1) is 5.92 Å². The largest absolute Gasteiger partial charge is 0.486 e. The molecule has 0 saturated carbocycles. The molecule has 2 aliphatic heterocycles. The molecular weight excluding hydrogens is 421 g/mol. The Bertz CT molecular complexity index is 863. The quantitative estimate of drug-likeness (QED) is 0.534. The predicted octanol–water partition coefficient (Wildman–Crippen LogP) is 2.30. The Morgan fingerprint density at radius 2 is 1.81 bits per heavy atom. The summed E-state index contributed by atoms with van der Waals surface area (Å²) >= 11 is 0. The number of piperidine rings is 1. The fourth-order valence-corrected chi connectivity index (χ4v) is 3.12. The number of halogens is 3. The molecule has 0 aliphatic carbocycles. The minimum absolute atomic E-state index is 0.296. The van der Waals surface area contributed by atoms with Crippen LogP contribution in [0.3, 0.4) is 0 Å². The van der Waals surface area contributed by atoms with Crippen LogP contribution in [0.4, 0.5) is 18.9 Å². The van der Waals surface area contributed by atoms with Crippen molar-refractivity contribution in [3.63, 3.8) is 0 Å². The van der Waals surface area contributed by atoms with Crippen molar-refractivity contribution in [2.45, 2.75) is 19.0 Å². The summed E-state index contributed by atoms with van der Waals surface area (Å²) in [5.41, 5.74) is 0.471. The van der Waals surface area contributed by atoms with E-state index in [1.165, 1.54) is 4.90 Å². The molecule has 1 aromatic rings. The number of fused-ring (bicyclic) bond motifs is 1. The molecule has 1 aromatic carbocycles. The van der Waals surface area contributed by atoms with Crippen LogP contribution >= 0.6 is 0 Å². The molecule has 168 valence electrons. The monoisotopic (exact) mass is 442 g/mol. The van der Waals surface area contributed by atoms with Crippen LogP contribution in [0.25, 0.3) is 0 Å². The minimum atomic E-state index is -4.90. The summed E-state index contributed by atoms with van der Waals surface area (Å²) in [6.45, 7) is 0.994. The zero-order valence-corrected chi connectivity index (χ0v) is 16.4. The minimum Gasteiger partial charge on any atom is -0.486 e. The molecule has 31 heavy (non-hydrogen) atoms. The summed E-state index contributed by atoms with van der Waals surface area (Å²) in [4.78, 5) is 36.6. The smallest absolute Gasteiger partial charge is 0.454 e. The molecule has 0 atom stereocenters. The second kappa shape index (κ2) is 9.71. The fourth-order valence-electron chi connectivity index (χ4n) is 3.12. The van der Waals surface area contributed by atoms with Crippen LogP contribution in [0.1, 0.15) is 12.8 Å². The van der Waals surface area contributed by atoms with Crippen molar-refractivity contribution in [2.75, 3.05) is 38.2 Å². The lowest BCUT2D eigenvalue weighted by Gasteiger charge is -2.29. The summed E-state index contributed by atoms with van der Waals surface area (Å²) in [5.74, 6) is -2.37. The second-order valence-electron chi connectivity index (χ2n) is 7.00. The number of hydrogen-bond donors (Lipinski definition) is 1. The van der Waals surface area contributed by atoms with E-state index >= 15 is 0 Å². The zero-order valence-electron chi connectivity index (χ0n) is 16.4. The highest BCUT2D eigenvalue weighted by Crippen LogP contribution is 2.32. The van der Waals surface area contributed by atoms with E-state index in [0.717, 1.165) is 6.20 Å². The number of nitrogens with zero attached hydrogens (tertiary/aromatic N) is 1. The van der Waals surface area contributed by atoms with Crippen LogP contribution in [0.2, 0.25) is 0 Å². The Kier molecular flexibility index (Phi) is 7.03. The van der Waals surface area contributed by atoms with E-state index in [0.29, 0.717) is 62.4 Å². The Labute approximate surface area is 175 Å². The molecule has 11 heteroatoms. The fraction of sp³-hybridized carbons (Fsp3) is 0.450. The maximum Gasteiger partial charge on any atom is 0.454 e. The molecule has 1 fully saturated rings. The molecule has 0 aromatic heterocycles. The van der Waals surface area contributed by atoms with E-state index in [1.807, 2.05) is 0 Å². The van der Waals surface area contributed by atoms with Crippen LogP contribution in [0.15, 0.2) is 30.5 Å². The number of carbonyl (C=O) groups excluding carboxylic acids is 3. The van der Waals surface area contributed by atoms with Gasteiger partial charge in [0.15, 0.2) is 18.1 Å².